The molecule has 1 heterocycles. The fraction of sp³-hybridized carbons (Fsp3) is 0.462. The van der Waals surface area contributed by atoms with Gasteiger partial charge in [-0.15, -0.1) is 0 Å². The van der Waals surface area contributed by atoms with Crippen molar-refractivity contribution < 1.29 is 17.9 Å². The maximum atomic E-state index is 12.1. The standard InChI is InChI=1S/C13H18N2O4S/c1-8-5-10(6-12(9(8)2)20(14,17)18)13(16)15-11-3-4-19-7-11/h5-6,11H,3-4,7H2,1-2H3,(H,15,16)(H2,14,17,18). The van der Waals surface area contributed by atoms with E-state index in [9.17, 15) is 13.2 Å². The molecular formula is C13H18N2O4S. The predicted molar refractivity (Wildman–Crippen MR) is 74.0 cm³/mol. The zero-order valence-corrected chi connectivity index (χ0v) is 12.3. The smallest absolute Gasteiger partial charge is 0.251 e. The van der Waals surface area contributed by atoms with Gasteiger partial charge in [-0.05, 0) is 43.5 Å². The average Bonchev–Trinajstić information content (AvgIpc) is 2.83. The van der Waals surface area contributed by atoms with Crippen molar-refractivity contribution in [3.63, 3.8) is 0 Å². The van der Waals surface area contributed by atoms with E-state index < -0.39 is 10.0 Å². The van der Waals surface area contributed by atoms with Crippen LogP contribution in [0.3, 0.4) is 0 Å². The summed E-state index contributed by atoms with van der Waals surface area (Å²) in [5.41, 5.74) is 1.57. The van der Waals surface area contributed by atoms with Gasteiger partial charge in [0.1, 0.15) is 0 Å². The molecule has 0 radical (unpaired) electrons. The summed E-state index contributed by atoms with van der Waals surface area (Å²) < 4.78 is 28.3. The Kier molecular flexibility index (Phi) is 4.12. The van der Waals surface area contributed by atoms with Crippen LogP contribution in [0.15, 0.2) is 17.0 Å². The van der Waals surface area contributed by atoms with E-state index in [1.807, 2.05) is 0 Å². The number of hydrogen-bond acceptors (Lipinski definition) is 4. The van der Waals surface area contributed by atoms with E-state index in [0.29, 0.717) is 29.9 Å². The Morgan fingerprint density at radius 3 is 2.65 bits per heavy atom. The topological polar surface area (TPSA) is 98.5 Å². The summed E-state index contributed by atoms with van der Waals surface area (Å²) in [6, 6.07) is 2.96. The molecule has 1 fully saturated rings. The van der Waals surface area contributed by atoms with Crippen molar-refractivity contribution >= 4 is 15.9 Å². The van der Waals surface area contributed by atoms with E-state index in [1.165, 1.54) is 6.07 Å². The van der Waals surface area contributed by atoms with E-state index in [2.05, 4.69) is 5.32 Å². The molecule has 110 valence electrons. The SMILES string of the molecule is Cc1cc(C(=O)NC2CCOC2)cc(S(N)(=O)=O)c1C. The maximum absolute atomic E-state index is 12.1. The Labute approximate surface area is 118 Å². The zero-order valence-electron chi connectivity index (χ0n) is 11.5. The predicted octanol–water partition coefficient (Wildman–Crippen LogP) is 0.470. The van der Waals surface area contributed by atoms with Gasteiger partial charge in [0.25, 0.3) is 5.91 Å². The number of sulfonamides is 1. The molecule has 1 unspecified atom stereocenters. The minimum Gasteiger partial charge on any atom is -0.379 e. The van der Waals surface area contributed by atoms with Crippen LogP contribution in [0.2, 0.25) is 0 Å². The largest absolute Gasteiger partial charge is 0.379 e. The second kappa shape index (κ2) is 5.51. The molecule has 1 atom stereocenters. The number of rotatable bonds is 3. The molecular weight excluding hydrogens is 280 g/mol. The lowest BCUT2D eigenvalue weighted by molar-refractivity contribution is 0.0929. The van der Waals surface area contributed by atoms with Gasteiger partial charge in [0.05, 0.1) is 17.5 Å². The highest BCUT2D eigenvalue weighted by atomic mass is 32.2. The van der Waals surface area contributed by atoms with Crippen molar-refractivity contribution in [3.05, 3.63) is 28.8 Å². The molecule has 1 aromatic carbocycles. The molecule has 0 bridgehead atoms. The monoisotopic (exact) mass is 298 g/mol. The molecule has 2 rings (SSSR count). The lowest BCUT2D eigenvalue weighted by Crippen LogP contribution is -2.35. The number of nitrogens with one attached hydrogen (secondary N) is 1. The number of benzene rings is 1. The summed E-state index contributed by atoms with van der Waals surface area (Å²) in [4.78, 5) is 12.1. The van der Waals surface area contributed by atoms with E-state index in [4.69, 9.17) is 9.88 Å². The first-order chi connectivity index (χ1) is 9.29. The molecule has 1 amide bonds. The minimum absolute atomic E-state index is 0.00896. The van der Waals surface area contributed by atoms with Crippen molar-refractivity contribution in [1.29, 1.82) is 0 Å². The van der Waals surface area contributed by atoms with Crippen molar-refractivity contribution in [2.24, 2.45) is 5.14 Å². The Bertz CT molecular complexity index is 634. The average molecular weight is 298 g/mol. The van der Waals surface area contributed by atoms with E-state index in [-0.39, 0.29) is 16.8 Å². The van der Waals surface area contributed by atoms with Gasteiger partial charge in [-0.2, -0.15) is 0 Å². The maximum Gasteiger partial charge on any atom is 0.251 e. The summed E-state index contributed by atoms with van der Waals surface area (Å²) in [6.45, 7) is 4.53. The van der Waals surface area contributed by atoms with E-state index >= 15 is 0 Å². The van der Waals surface area contributed by atoms with Gasteiger partial charge >= 0.3 is 0 Å². The van der Waals surface area contributed by atoms with Gasteiger partial charge in [-0.3, -0.25) is 4.79 Å². The van der Waals surface area contributed by atoms with Gasteiger partial charge in [-0.1, -0.05) is 0 Å². The normalized spacial score (nSPS) is 19.1. The molecule has 20 heavy (non-hydrogen) atoms. The Balaban J connectivity index is 2.32. The van der Waals surface area contributed by atoms with Gasteiger partial charge in [0, 0.05) is 12.2 Å². The highest BCUT2D eigenvalue weighted by Gasteiger charge is 2.21. The van der Waals surface area contributed by atoms with Crippen LogP contribution in [0.25, 0.3) is 0 Å². The fourth-order valence-electron chi connectivity index (χ4n) is 2.17. The number of amides is 1. The molecule has 3 N–H and O–H groups in total. The summed E-state index contributed by atoms with van der Waals surface area (Å²) >= 11 is 0. The number of aryl methyl sites for hydroxylation is 1. The molecule has 0 aromatic heterocycles. The summed E-state index contributed by atoms with van der Waals surface area (Å²) in [6.07, 6.45) is 0.763. The molecule has 1 aliphatic heterocycles. The molecule has 0 saturated carbocycles. The third-order valence-electron chi connectivity index (χ3n) is 3.45. The highest BCUT2D eigenvalue weighted by Crippen LogP contribution is 2.20. The number of hydrogen-bond donors (Lipinski definition) is 2. The second-order valence-electron chi connectivity index (χ2n) is 5.00. The molecule has 1 aliphatic rings. The van der Waals surface area contributed by atoms with Crippen LogP contribution in [0.1, 0.15) is 27.9 Å². The number of primary sulfonamides is 1. The van der Waals surface area contributed by atoms with Crippen molar-refractivity contribution in [2.45, 2.75) is 31.2 Å². The molecule has 0 spiro atoms. The van der Waals surface area contributed by atoms with Gasteiger partial charge in [-0.25, -0.2) is 13.6 Å². The first-order valence-corrected chi connectivity index (χ1v) is 7.86. The van der Waals surface area contributed by atoms with Crippen LogP contribution in [0, 0.1) is 13.8 Å². The van der Waals surface area contributed by atoms with Crippen LogP contribution >= 0.6 is 0 Å². The minimum atomic E-state index is -3.84. The quantitative estimate of drug-likeness (QED) is 0.847. The Morgan fingerprint density at radius 1 is 1.40 bits per heavy atom. The van der Waals surface area contributed by atoms with E-state index in [1.54, 1.807) is 19.9 Å². The first-order valence-electron chi connectivity index (χ1n) is 6.31. The van der Waals surface area contributed by atoms with E-state index in [0.717, 1.165) is 6.42 Å². The third kappa shape index (κ3) is 3.17. The second-order valence-corrected chi connectivity index (χ2v) is 6.53. The molecule has 7 heteroatoms. The molecule has 0 aliphatic carbocycles. The first kappa shape index (κ1) is 15.0. The van der Waals surface area contributed by atoms with Crippen LogP contribution in [-0.2, 0) is 14.8 Å². The van der Waals surface area contributed by atoms with Gasteiger partial charge in [0.15, 0.2) is 0 Å². The van der Waals surface area contributed by atoms with Crippen LogP contribution < -0.4 is 10.5 Å². The number of carbonyl (C=O) groups is 1. The summed E-state index contributed by atoms with van der Waals surface area (Å²) in [5, 5.41) is 8.00. The molecule has 1 aromatic rings. The Hall–Kier alpha value is -1.44. The number of carbonyl (C=O) groups excluding carboxylic acids is 1. The summed E-state index contributed by atoms with van der Waals surface area (Å²) in [7, 11) is -3.84. The molecule has 1 saturated heterocycles. The fourth-order valence-corrected chi connectivity index (χ4v) is 3.05. The van der Waals surface area contributed by atoms with Crippen LogP contribution in [0.5, 0.6) is 0 Å². The summed E-state index contributed by atoms with van der Waals surface area (Å²) in [5.74, 6) is -0.312. The lowest BCUT2D eigenvalue weighted by Gasteiger charge is -2.13. The van der Waals surface area contributed by atoms with Gasteiger partial charge in [0.2, 0.25) is 10.0 Å². The zero-order chi connectivity index (χ0) is 14.9. The van der Waals surface area contributed by atoms with Crippen LogP contribution in [0.4, 0.5) is 0 Å². The van der Waals surface area contributed by atoms with Gasteiger partial charge < -0.3 is 10.1 Å². The molecule has 6 nitrogen and oxygen atoms in total. The number of ether oxygens (including phenoxy) is 1. The lowest BCUT2D eigenvalue weighted by atomic mass is 10.1. The van der Waals surface area contributed by atoms with Crippen LogP contribution in [-0.4, -0.2) is 33.6 Å². The number of nitrogens with two attached hydrogens (primary N) is 1. The highest BCUT2D eigenvalue weighted by molar-refractivity contribution is 7.89. The third-order valence-corrected chi connectivity index (χ3v) is 4.49. The van der Waals surface area contributed by atoms with Crippen molar-refractivity contribution in [3.8, 4) is 0 Å². The van der Waals surface area contributed by atoms with Crippen molar-refractivity contribution in [1.82, 2.24) is 5.32 Å². The van der Waals surface area contributed by atoms with Crippen molar-refractivity contribution in [2.75, 3.05) is 13.2 Å². The Morgan fingerprint density at radius 2 is 2.10 bits per heavy atom.